The Labute approximate surface area is 160 Å². The Kier molecular flexibility index (Phi) is 6.64. The Morgan fingerprint density at radius 2 is 0.875 bits per heavy atom. The van der Waals surface area contributed by atoms with Crippen molar-refractivity contribution >= 4 is 57.8 Å². The zero-order chi connectivity index (χ0) is 17.7. The van der Waals surface area contributed by atoms with E-state index in [4.69, 9.17) is 57.9 Å². The Bertz CT molecular complexity index is 780. The number of hydrogen-bond acceptors (Lipinski definition) is 2. The fourth-order valence-electron chi connectivity index (χ4n) is 1.85. The average molecular weight is 400 g/mol. The van der Waals surface area contributed by atoms with Gasteiger partial charge in [-0.05, 0) is 47.5 Å². The van der Waals surface area contributed by atoms with Crippen molar-refractivity contribution in [3.63, 3.8) is 0 Å². The molecule has 6 heteroatoms. The minimum absolute atomic E-state index is 0.533. The van der Waals surface area contributed by atoms with Crippen LogP contribution in [0.15, 0.2) is 60.7 Å². The second kappa shape index (κ2) is 8.50. The van der Waals surface area contributed by atoms with Gasteiger partial charge in [0.15, 0.2) is 0 Å². The summed E-state index contributed by atoms with van der Waals surface area (Å²) in [6.45, 7) is 0. The zero-order valence-electron chi connectivity index (χ0n) is 12.4. The van der Waals surface area contributed by atoms with E-state index in [0.717, 1.165) is 11.1 Å². The maximum Gasteiger partial charge on any atom is 0.0641 e. The van der Waals surface area contributed by atoms with Crippen LogP contribution < -0.4 is 11.5 Å². The summed E-state index contributed by atoms with van der Waals surface area (Å²) in [7, 11) is 0. The van der Waals surface area contributed by atoms with Crippen molar-refractivity contribution < 1.29 is 0 Å². The highest BCUT2D eigenvalue weighted by atomic mass is 35.5. The van der Waals surface area contributed by atoms with E-state index in [0.29, 0.717) is 31.5 Å². The van der Waals surface area contributed by atoms with Gasteiger partial charge in [0.1, 0.15) is 0 Å². The predicted octanol–water partition coefficient (Wildman–Crippen LogP) is 6.82. The molecule has 0 bridgehead atoms. The molecule has 0 aliphatic carbocycles. The van der Waals surface area contributed by atoms with E-state index in [1.54, 1.807) is 36.4 Å². The lowest BCUT2D eigenvalue weighted by atomic mass is 10.1. The van der Waals surface area contributed by atoms with Crippen molar-refractivity contribution in [1.29, 1.82) is 0 Å². The quantitative estimate of drug-likeness (QED) is 0.441. The molecule has 4 N–H and O–H groups in total. The summed E-state index contributed by atoms with van der Waals surface area (Å²) in [6.07, 6.45) is 0. The third kappa shape index (κ3) is 4.96. The second-order valence-electron chi connectivity index (χ2n) is 4.89. The summed E-state index contributed by atoms with van der Waals surface area (Å²) in [5.74, 6) is 0. The van der Waals surface area contributed by atoms with Crippen LogP contribution in [-0.2, 0) is 0 Å². The van der Waals surface area contributed by atoms with Crippen molar-refractivity contribution in [2.75, 3.05) is 11.5 Å². The van der Waals surface area contributed by atoms with Crippen LogP contribution in [0.1, 0.15) is 0 Å². The number of anilines is 2. The standard InChI is InChI=1S/C12H10Cl2N2.C6H4Cl2/c13-9-5-7(1-3-11(9)15)8-2-4-12(16)10(14)6-8;7-5-3-1-2-4-6(5)8/h1-6H,15-16H2;1-4H. The molecular weight excluding hydrogens is 386 g/mol. The highest BCUT2D eigenvalue weighted by Gasteiger charge is 2.03. The average Bonchev–Trinajstić information content (AvgIpc) is 2.56. The number of hydrogen-bond donors (Lipinski definition) is 2. The molecule has 0 amide bonds. The fourth-order valence-corrected chi connectivity index (χ4v) is 2.49. The molecule has 0 aliphatic heterocycles. The maximum atomic E-state index is 5.95. The summed E-state index contributed by atoms with van der Waals surface area (Å²) in [5, 5.41) is 2.28. The molecule has 24 heavy (non-hydrogen) atoms. The van der Waals surface area contributed by atoms with Crippen LogP contribution in [0.25, 0.3) is 11.1 Å². The lowest BCUT2D eigenvalue weighted by Crippen LogP contribution is -1.88. The molecule has 2 nitrogen and oxygen atoms in total. The van der Waals surface area contributed by atoms with Gasteiger partial charge in [0, 0.05) is 0 Å². The molecule has 3 rings (SSSR count). The molecule has 3 aromatic rings. The molecule has 0 saturated carbocycles. The molecule has 0 saturated heterocycles. The van der Waals surface area contributed by atoms with E-state index in [2.05, 4.69) is 0 Å². The van der Waals surface area contributed by atoms with Gasteiger partial charge in [-0.2, -0.15) is 0 Å². The predicted molar refractivity (Wildman–Crippen MR) is 107 cm³/mol. The smallest absolute Gasteiger partial charge is 0.0641 e. The Morgan fingerprint density at radius 1 is 0.500 bits per heavy atom. The van der Waals surface area contributed by atoms with E-state index < -0.39 is 0 Å². The van der Waals surface area contributed by atoms with Crippen LogP contribution in [0.5, 0.6) is 0 Å². The lowest BCUT2D eigenvalue weighted by Gasteiger charge is -2.06. The van der Waals surface area contributed by atoms with Gasteiger partial charge in [-0.25, -0.2) is 0 Å². The first-order chi connectivity index (χ1) is 11.4. The number of benzene rings is 3. The molecule has 3 aromatic carbocycles. The first-order valence-electron chi connectivity index (χ1n) is 6.89. The van der Waals surface area contributed by atoms with Crippen molar-refractivity contribution in [2.24, 2.45) is 0 Å². The van der Waals surface area contributed by atoms with Crippen molar-refractivity contribution in [3.8, 4) is 11.1 Å². The normalized spacial score (nSPS) is 10.0. The van der Waals surface area contributed by atoms with Gasteiger partial charge in [0.25, 0.3) is 0 Å². The number of nitrogen functional groups attached to an aromatic ring is 2. The third-order valence-corrected chi connectivity index (χ3v) is 4.57. The van der Waals surface area contributed by atoms with E-state index in [9.17, 15) is 0 Å². The molecule has 0 aromatic heterocycles. The van der Waals surface area contributed by atoms with Gasteiger partial charge in [0.05, 0.1) is 31.5 Å². The fraction of sp³-hybridized carbons (Fsp3) is 0. The molecule has 124 valence electrons. The number of nitrogens with two attached hydrogens (primary N) is 2. The topological polar surface area (TPSA) is 52.0 Å². The van der Waals surface area contributed by atoms with Crippen LogP contribution in [0.3, 0.4) is 0 Å². The number of rotatable bonds is 1. The van der Waals surface area contributed by atoms with Crippen molar-refractivity contribution in [3.05, 3.63) is 80.8 Å². The minimum atomic E-state index is 0.533. The van der Waals surface area contributed by atoms with Crippen molar-refractivity contribution in [1.82, 2.24) is 0 Å². The molecule has 0 fully saturated rings. The lowest BCUT2D eigenvalue weighted by molar-refractivity contribution is 1.61. The van der Waals surface area contributed by atoms with Gasteiger partial charge in [0.2, 0.25) is 0 Å². The molecule has 0 radical (unpaired) electrons. The minimum Gasteiger partial charge on any atom is -0.398 e. The molecule has 0 spiro atoms. The van der Waals surface area contributed by atoms with Gasteiger partial charge >= 0.3 is 0 Å². The van der Waals surface area contributed by atoms with Gasteiger partial charge in [-0.15, -0.1) is 0 Å². The SMILES string of the molecule is Clc1ccccc1Cl.Nc1ccc(-c2ccc(N)c(Cl)c2)cc1Cl. The summed E-state index contributed by atoms with van der Waals surface area (Å²) in [6, 6.07) is 18.1. The van der Waals surface area contributed by atoms with Crippen LogP contribution in [-0.4, -0.2) is 0 Å². The monoisotopic (exact) mass is 398 g/mol. The van der Waals surface area contributed by atoms with Crippen LogP contribution in [0.2, 0.25) is 20.1 Å². The Morgan fingerprint density at radius 3 is 1.17 bits per heavy atom. The highest BCUT2D eigenvalue weighted by Crippen LogP contribution is 2.30. The van der Waals surface area contributed by atoms with Crippen LogP contribution in [0.4, 0.5) is 11.4 Å². The van der Waals surface area contributed by atoms with E-state index in [-0.39, 0.29) is 0 Å². The van der Waals surface area contributed by atoms with E-state index in [1.165, 1.54) is 0 Å². The number of halogens is 4. The zero-order valence-corrected chi connectivity index (χ0v) is 15.5. The largest absolute Gasteiger partial charge is 0.398 e. The van der Waals surface area contributed by atoms with Gasteiger partial charge in [-0.3, -0.25) is 0 Å². The Balaban J connectivity index is 0.000000219. The first kappa shape index (κ1) is 18.8. The summed E-state index contributed by atoms with van der Waals surface area (Å²) in [4.78, 5) is 0. The second-order valence-corrected chi connectivity index (χ2v) is 6.52. The van der Waals surface area contributed by atoms with Gasteiger partial charge in [-0.1, -0.05) is 70.7 Å². The summed E-state index contributed by atoms with van der Waals surface area (Å²) in [5.41, 5.74) is 14.3. The Hall–Kier alpha value is -1.58. The van der Waals surface area contributed by atoms with Gasteiger partial charge < -0.3 is 11.5 Å². The first-order valence-corrected chi connectivity index (χ1v) is 8.40. The summed E-state index contributed by atoms with van der Waals surface area (Å²) < 4.78 is 0. The maximum absolute atomic E-state index is 5.95. The molecule has 0 unspecified atom stereocenters. The highest BCUT2D eigenvalue weighted by molar-refractivity contribution is 6.41. The molecule has 0 aliphatic rings. The van der Waals surface area contributed by atoms with Crippen molar-refractivity contribution in [2.45, 2.75) is 0 Å². The van der Waals surface area contributed by atoms with E-state index in [1.807, 2.05) is 24.3 Å². The molecular formula is C18H14Cl4N2. The van der Waals surface area contributed by atoms with Crippen LogP contribution in [0, 0.1) is 0 Å². The molecule has 0 atom stereocenters. The molecule has 0 heterocycles. The summed E-state index contributed by atoms with van der Waals surface area (Å²) >= 11 is 23.1. The van der Waals surface area contributed by atoms with Crippen LogP contribution >= 0.6 is 46.4 Å². The third-order valence-electron chi connectivity index (χ3n) is 3.16. The van der Waals surface area contributed by atoms with E-state index >= 15 is 0 Å².